The molecular formula is C17H14F6N2O2. The van der Waals surface area contributed by atoms with E-state index in [-0.39, 0.29) is 5.56 Å². The number of hydrogen-bond acceptors (Lipinski definition) is 3. The largest absolute Gasteiger partial charge is 0.490 e. The Labute approximate surface area is 149 Å². The second-order valence-corrected chi connectivity index (χ2v) is 5.74. The van der Waals surface area contributed by atoms with Gasteiger partial charge in [0.15, 0.2) is 5.69 Å². The van der Waals surface area contributed by atoms with E-state index in [1.54, 1.807) is 19.1 Å². The van der Waals surface area contributed by atoms with Gasteiger partial charge in [0.2, 0.25) is 0 Å². The summed E-state index contributed by atoms with van der Waals surface area (Å²) in [7, 11) is 0. The maximum absolute atomic E-state index is 13.1. The van der Waals surface area contributed by atoms with Crippen molar-refractivity contribution >= 4 is 5.97 Å². The first-order valence-electron chi connectivity index (χ1n) is 7.57. The number of hydrogen-bond donors (Lipinski definition) is 2. The Morgan fingerprint density at radius 3 is 2.19 bits per heavy atom. The van der Waals surface area contributed by atoms with Gasteiger partial charge in [-0.25, -0.2) is 9.78 Å². The molecule has 146 valence electrons. The Hall–Kier alpha value is -2.62. The lowest BCUT2D eigenvalue weighted by atomic mass is 9.99. The minimum absolute atomic E-state index is 0.137. The molecule has 0 amide bonds. The van der Waals surface area contributed by atoms with Crippen LogP contribution in [-0.2, 0) is 24.1 Å². The zero-order valence-electron chi connectivity index (χ0n) is 13.9. The molecule has 0 radical (unpaired) electrons. The monoisotopic (exact) mass is 392 g/mol. The lowest BCUT2D eigenvalue weighted by Gasteiger charge is -2.13. The van der Waals surface area contributed by atoms with E-state index in [9.17, 15) is 26.3 Å². The van der Waals surface area contributed by atoms with Gasteiger partial charge in [0.25, 0.3) is 0 Å². The van der Waals surface area contributed by atoms with Crippen molar-refractivity contribution in [1.29, 1.82) is 0 Å². The third-order valence-electron chi connectivity index (χ3n) is 3.69. The Kier molecular flexibility index (Phi) is 5.79. The average Bonchev–Trinajstić information content (AvgIpc) is 3.01. The minimum Gasteiger partial charge on any atom is -0.475 e. The standard InChI is InChI=1S/C15H13F3N2.C2HF3O2/c1-9-2-5-13(14(20-9)15(16,17)18)10-3-4-11-7-19-8-12(11)6-10;3-2(4,5)1(6)7/h2-6,19H,7-8H2,1H3;(H,6,7). The predicted molar refractivity (Wildman–Crippen MR) is 83.6 cm³/mol. The Bertz CT molecular complexity index is 846. The molecule has 0 unspecified atom stereocenters. The quantitative estimate of drug-likeness (QED) is 0.710. The number of aliphatic carboxylic acids is 1. The molecule has 3 rings (SSSR count). The van der Waals surface area contributed by atoms with Gasteiger partial charge in [0, 0.05) is 24.3 Å². The highest BCUT2D eigenvalue weighted by molar-refractivity contribution is 5.73. The number of alkyl halides is 6. The van der Waals surface area contributed by atoms with Crippen LogP contribution in [0, 0.1) is 6.92 Å². The van der Waals surface area contributed by atoms with Crippen LogP contribution < -0.4 is 5.32 Å². The summed E-state index contributed by atoms with van der Waals surface area (Å²) in [5.74, 6) is -2.76. The van der Waals surface area contributed by atoms with Gasteiger partial charge in [-0.2, -0.15) is 26.3 Å². The first kappa shape index (κ1) is 20.7. The van der Waals surface area contributed by atoms with Crippen LogP contribution in [0.2, 0.25) is 0 Å². The topological polar surface area (TPSA) is 62.2 Å². The number of benzene rings is 1. The third-order valence-corrected chi connectivity index (χ3v) is 3.69. The van der Waals surface area contributed by atoms with Gasteiger partial charge in [-0.15, -0.1) is 0 Å². The molecule has 10 heteroatoms. The summed E-state index contributed by atoms with van der Waals surface area (Å²) < 4.78 is 71.1. The molecule has 1 aromatic heterocycles. The molecule has 0 saturated carbocycles. The van der Waals surface area contributed by atoms with Crippen LogP contribution in [0.4, 0.5) is 26.3 Å². The van der Waals surface area contributed by atoms with E-state index < -0.39 is 24.0 Å². The zero-order chi connectivity index (χ0) is 20.4. The summed E-state index contributed by atoms with van der Waals surface area (Å²) in [5, 5.41) is 10.3. The van der Waals surface area contributed by atoms with Gasteiger partial charge >= 0.3 is 18.3 Å². The molecule has 27 heavy (non-hydrogen) atoms. The molecular weight excluding hydrogens is 378 g/mol. The van der Waals surface area contributed by atoms with Crippen LogP contribution in [-0.4, -0.2) is 22.2 Å². The van der Waals surface area contributed by atoms with Gasteiger partial charge in [0.1, 0.15) is 0 Å². The van der Waals surface area contributed by atoms with Crippen molar-refractivity contribution in [1.82, 2.24) is 10.3 Å². The van der Waals surface area contributed by atoms with Crippen LogP contribution in [0.3, 0.4) is 0 Å². The lowest BCUT2D eigenvalue weighted by molar-refractivity contribution is -0.192. The Morgan fingerprint density at radius 2 is 1.63 bits per heavy atom. The number of carbonyl (C=O) groups is 1. The van der Waals surface area contributed by atoms with Crippen molar-refractivity contribution in [2.24, 2.45) is 0 Å². The number of aromatic nitrogens is 1. The van der Waals surface area contributed by atoms with E-state index in [1.165, 1.54) is 6.07 Å². The molecule has 2 N–H and O–H groups in total. The number of aryl methyl sites for hydroxylation is 1. The molecule has 1 aliphatic rings. The highest BCUT2D eigenvalue weighted by atomic mass is 19.4. The number of carboxylic acid groups (broad SMARTS) is 1. The second kappa shape index (κ2) is 7.55. The lowest BCUT2D eigenvalue weighted by Crippen LogP contribution is -2.21. The maximum Gasteiger partial charge on any atom is 0.490 e. The molecule has 1 aromatic carbocycles. The first-order valence-corrected chi connectivity index (χ1v) is 7.57. The highest BCUT2D eigenvalue weighted by Gasteiger charge is 2.38. The van der Waals surface area contributed by atoms with Crippen LogP contribution >= 0.6 is 0 Å². The number of carboxylic acids is 1. The average molecular weight is 392 g/mol. The van der Waals surface area contributed by atoms with E-state index in [0.717, 1.165) is 17.7 Å². The molecule has 0 atom stereocenters. The molecule has 1 aliphatic heterocycles. The van der Waals surface area contributed by atoms with E-state index in [1.807, 2.05) is 12.1 Å². The van der Waals surface area contributed by atoms with E-state index in [2.05, 4.69) is 10.3 Å². The molecule has 0 bridgehead atoms. The Morgan fingerprint density at radius 1 is 1.04 bits per heavy atom. The normalized spacial score (nSPS) is 13.6. The van der Waals surface area contributed by atoms with Crippen molar-refractivity contribution in [3.8, 4) is 11.1 Å². The fraction of sp³-hybridized carbons (Fsp3) is 0.294. The summed E-state index contributed by atoms with van der Waals surface area (Å²) in [4.78, 5) is 12.6. The maximum atomic E-state index is 13.1. The number of nitrogens with zero attached hydrogens (tertiary/aromatic N) is 1. The molecule has 0 spiro atoms. The number of halogens is 6. The van der Waals surface area contributed by atoms with Gasteiger partial charge in [-0.1, -0.05) is 18.2 Å². The summed E-state index contributed by atoms with van der Waals surface area (Å²) in [5.41, 5.74) is 2.44. The smallest absolute Gasteiger partial charge is 0.475 e. The van der Waals surface area contributed by atoms with E-state index >= 15 is 0 Å². The number of pyridine rings is 1. The zero-order valence-corrected chi connectivity index (χ0v) is 13.9. The van der Waals surface area contributed by atoms with E-state index in [4.69, 9.17) is 9.90 Å². The van der Waals surface area contributed by atoms with Crippen molar-refractivity contribution in [2.45, 2.75) is 32.4 Å². The van der Waals surface area contributed by atoms with Crippen LogP contribution in [0.25, 0.3) is 11.1 Å². The van der Waals surface area contributed by atoms with Gasteiger partial charge in [-0.05, 0) is 35.7 Å². The van der Waals surface area contributed by atoms with Crippen LogP contribution in [0.15, 0.2) is 30.3 Å². The molecule has 0 fully saturated rings. The number of rotatable bonds is 1. The first-order chi connectivity index (χ1) is 12.4. The van der Waals surface area contributed by atoms with Gasteiger partial charge in [0.05, 0.1) is 0 Å². The predicted octanol–water partition coefficient (Wildman–Crippen LogP) is 4.31. The Balaban J connectivity index is 0.000000321. The van der Waals surface area contributed by atoms with Crippen molar-refractivity contribution in [2.75, 3.05) is 0 Å². The van der Waals surface area contributed by atoms with Crippen molar-refractivity contribution in [3.63, 3.8) is 0 Å². The summed E-state index contributed by atoms with van der Waals surface area (Å²) >= 11 is 0. The molecule has 0 saturated heterocycles. The van der Waals surface area contributed by atoms with Crippen LogP contribution in [0.1, 0.15) is 22.5 Å². The molecule has 2 heterocycles. The molecule has 2 aromatic rings. The van der Waals surface area contributed by atoms with Gasteiger partial charge in [-0.3, -0.25) is 0 Å². The van der Waals surface area contributed by atoms with Gasteiger partial charge < -0.3 is 10.4 Å². The summed E-state index contributed by atoms with van der Waals surface area (Å²) in [6.45, 7) is 3.03. The minimum atomic E-state index is -5.08. The van der Waals surface area contributed by atoms with Crippen molar-refractivity contribution < 1.29 is 36.2 Å². The molecule has 0 aliphatic carbocycles. The number of nitrogens with one attached hydrogen (secondary N) is 1. The fourth-order valence-electron chi connectivity index (χ4n) is 2.47. The van der Waals surface area contributed by atoms with Crippen molar-refractivity contribution in [3.05, 3.63) is 52.8 Å². The van der Waals surface area contributed by atoms with Crippen LogP contribution in [0.5, 0.6) is 0 Å². The number of fused-ring (bicyclic) bond motifs is 1. The fourth-order valence-corrected chi connectivity index (χ4v) is 2.47. The SMILES string of the molecule is Cc1ccc(-c2ccc3c(c2)CNC3)c(C(F)(F)F)n1.O=C(O)C(F)(F)F. The molecule has 4 nitrogen and oxygen atoms in total. The summed E-state index contributed by atoms with van der Waals surface area (Å²) in [6, 6.07) is 8.53. The summed E-state index contributed by atoms with van der Waals surface area (Å²) in [6.07, 6.45) is -9.53. The second-order valence-electron chi connectivity index (χ2n) is 5.74. The van der Waals surface area contributed by atoms with E-state index in [0.29, 0.717) is 17.8 Å². The third kappa shape index (κ3) is 5.19. The highest BCUT2D eigenvalue weighted by Crippen LogP contribution is 2.36.